The number of hydrogen-bond donors (Lipinski definition) is 1. The summed E-state index contributed by atoms with van der Waals surface area (Å²) in [5, 5.41) is 0. The fourth-order valence-corrected chi connectivity index (χ4v) is 3.49. The second kappa shape index (κ2) is 5.97. The van der Waals surface area contributed by atoms with Gasteiger partial charge in [-0.1, -0.05) is 12.1 Å². The summed E-state index contributed by atoms with van der Waals surface area (Å²) in [5.41, 5.74) is 6.27. The normalized spacial score (nSPS) is 20.7. The summed E-state index contributed by atoms with van der Waals surface area (Å²) in [7, 11) is -3.33. The van der Waals surface area contributed by atoms with E-state index in [0.717, 1.165) is 0 Å². The Bertz CT molecular complexity index is 492. The van der Waals surface area contributed by atoms with E-state index in [0.29, 0.717) is 25.1 Å². The van der Waals surface area contributed by atoms with Crippen molar-refractivity contribution in [3.63, 3.8) is 0 Å². The molecule has 1 unspecified atom stereocenters. The van der Waals surface area contributed by atoms with E-state index in [9.17, 15) is 12.8 Å². The Hall–Kier alpha value is -0.690. The van der Waals surface area contributed by atoms with Crippen LogP contribution in [0.25, 0.3) is 0 Å². The molecule has 0 aliphatic carbocycles. The van der Waals surface area contributed by atoms with Crippen LogP contribution in [0.5, 0.6) is 0 Å². The Morgan fingerprint density at radius 1 is 1.33 bits per heavy atom. The zero-order valence-corrected chi connectivity index (χ0v) is 11.4. The highest BCUT2D eigenvalue weighted by atomic mass is 35.5. The molecule has 4 nitrogen and oxygen atoms in total. The van der Waals surface area contributed by atoms with E-state index in [4.69, 9.17) is 5.73 Å². The minimum atomic E-state index is -3.33. The van der Waals surface area contributed by atoms with Gasteiger partial charge in [-0.15, -0.1) is 12.4 Å². The first-order chi connectivity index (χ1) is 7.97. The quantitative estimate of drug-likeness (QED) is 0.908. The predicted molar refractivity (Wildman–Crippen MR) is 70.4 cm³/mol. The number of sulfonamides is 1. The SMILES string of the molecule is Cl.NC1CCN(S(=O)(=O)Cc2ccc(F)cc2)C1. The molecule has 0 amide bonds. The minimum absolute atomic E-state index is 0. The molecule has 102 valence electrons. The summed E-state index contributed by atoms with van der Waals surface area (Å²) in [6.07, 6.45) is 0.697. The molecule has 18 heavy (non-hydrogen) atoms. The van der Waals surface area contributed by atoms with Gasteiger partial charge in [-0.25, -0.2) is 17.1 Å². The third-order valence-electron chi connectivity index (χ3n) is 2.84. The molecule has 1 aromatic rings. The Labute approximate surface area is 112 Å². The molecule has 0 radical (unpaired) electrons. The fraction of sp³-hybridized carbons (Fsp3) is 0.455. The zero-order chi connectivity index (χ0) is 12.5. The molecule has 1 saturated heterocycles. The van der Waals surface area contributed by atoms with Gasteiger partial charge in [-0.3, -0.25) is 0 Å². The van der Waals surface area contributed by atoms with Crippen molar-refractivity contribution in [2.75, 3.05) is 13.1 Å². The molecular formula is C11H16ClFN2O2S. The van der Waals surface area contributed by atoms with E-state index in [1.54, 1.807) is 0 Å². The molecule has 1 fully saturated rings. The summed E-state index contributed by atoms with van der Waals surface area (Å²) in [6, 6.07) is 5.44. The van der Waals surface area contributed by atoms with Gasteiger partial charge in [0.25, 0.3) is 0 Å². The molecule has 1 aromatic carbocycles. The maximum Gasteiger partial charge on any atom is 0.218 e. The lowest BCUT2D eigenvalue weighted by atomic mass is 10.2. The Kier molecular flexibility index (Phi) is 5.10. The van der Waals surface area contributed by atoms with Gasteiger partial charge in [-0.2, -0.15) is 0 Å². The van der Waals surface area contributed by atoms with Gasteiger partial charge >= 0.3 is 0 Å². The van der Waals surface area contributed by atoms with Crippen LogP contribution in [0.2, 0.25) is 0 Å². The number of rotatable bonds is 3. The first-order valence-electron chi connectivity index (χ1n) is 5.45. The van der Waals surface area contributed by atoms with Crippen molar-refractivity contribution in [2.24, 2.45) is 5.73 Å². The van der Waals surface area contributed by atoms with Gasteiger partial charge in [0.15, 0.2) is 0 Å². The van der Waals surface area contributed by atoms with Gasteiger partial charge in [-0.05, 0) is 24.1 Å². The molecule has 0 saturated carbocycles. The second-order valence-corrected chi connectivity index (χ2v) is 6.26. The van der Waals surface area contributed by atoms with E-state index < -0.39 is 10.0 Å². The summed E-state index contributed by atoms with van der Waals surface area (Å²) in [5.74, 6) is -0.464. The van der Waals surface area contributed by atoms with Crippen LogP contribution in [-0.2, 0) is 15.8 Å². The first kappa shape index (κ1) is 15.4. The average Bonchev–Trinajstić information content (AvgIpc) is 2.69. The second-order valence-electron chi connectivity index (χ2n) is 4.29. The standard InChI is InChI=1S/C11H15FN2O2S.ClH/c12-10-3-1-9(2-4-10)8-17(15,16)14-6-5-11(13)7-14;/h1-4,11H,5-8,13H2;1H. The van der Waals surface area contributed by atoms with E-state index in [2.05, 4.69) is 0 Å². The zero-order valence-electron chi connectivity index (χ0n) is 9.75. The van der Waals surface area contributed by atoms with Crippen LogP contribution in [-0.4, -0.2) is 31.9 Å². The molecule has 1 heterocycles. The Balaban J connectivity index is 0.00000162. The van der Waals surface area contributed by atoms with Gasteiger partial charge < -0.3 is 5.73 Å². The van der Waals surface area contributed by atoms with Crippen LogP contribution < -0.4 is 5.73 Å². The number of benzene rings is 1. The van der Waals surface area contributed by atoms with Gasteiger partial charge in [0, 0.05) is 19.1 Å². The maximum absolute atomic E-state index is 12.7. The fourth-order valence-electron chi connectivity index (χ4n) is 1.89. The van der Waals surface area contributed by atoms with Gasteiger partial charge in [0.05, 0.1) is 5.75 Å². The molecule has 1 atom stereocenters. The lowest BCUT2D eigenvalue weighted by molar-refractivity contribution is 0.471. The summed E-state index contributed by atoms with van der Waals surface area (Å²) in [6.45, 7) is 0.855. The van der Waals surface area contributed by atoms with Crippen LogP contribution in [0.15, 0.2) is 24.3 Å². The number of nitrogens with zero attached hydrogens (tertiary/aromatic N) is 1. The van der Waals surface area contributed by atoms with Crippen molar-refractivity contribution in [2.45, 2.75) is 18.2 Å². The van der Waals surface area contributed by atoms with Crippen molar-refractivity contribution in [3.8, 4) is 0 Å². The lowest BCUT2D eigenvalue weighted by Gasteiger charge is -2.15. The number of halogens is 2. The largest absolute Gasteiger partial charge is 0.326 e. The molecule has 0 aromatic heterocycles. The van der Waals surface area contributed by atoms with E-state index in [1.807, 2.05) is 0 Å². The minimum Gasteiger partial charge on any atom is -0.326 e. The van der Waals surface area contributed by atoms with Gasteiger partial charge in [0.1, 0.15) is 5.82 Å². The summed E-state index contributed by atoms with van der Waals surface area (Å²) in [4.78, 5) is 0. The van der Waals surface area contributed by atoms with E-state index in [-0.39, 0.29) is 30.0 Å². The van der Waals surface area contributed by atoms with E-state index >= 15 is 0 Å². The predicted octanol–water partition coefficient (Wildman–Crippen LogP) is 1.11. The monoisotopic (exact) mass is 294 g/mol. The molecule has 1 aliphatic rings. The molecule has 2 N–H and O–H groups in total. The molecule has 7 heteroatoms. The van der Waals surface area contributed by atoms with Crippen LogP contribution in [0, 0.1) is 5.82 Å². The smallest absolute Gasteiger partial charge is 0.218 e. The van der Waals surface area contributed by atoms with Crippen LogP contribution in [0.4, 0.5) is 4.39 Å². The average molecular weight is 295 g/mol. The Morgan fingerprint density at radius 3 is 2.44 bits per heavy atom. The number of nitrogens with two attached hydrogens (primary N) is 1. The molecule has 0 bridgehead atoms. The molecular weight excluding hydrogens is 279 g/mol. The van der Waals surface area contributed by atoms with Crippen molar-refractivity contribution in [3.05, 3.63) is 35.6 Å². The lowest BCUT2D eigenvalue weighted by Crippen LogP contribution is -2.32. The first-order valence-corrected chi connectivity index (χ1v) is 7.06. The Morgan fingerprint density at radius 2 is 1.94 bits per heavy atom. The molecule has 1 aliphatic heterocycles. The van der Waals surface area contributed by atoms with Crippen LogP contribution in [0.3, 0.4) is 0 Å². The summed E-state index contributed by atoms with van der Waals surface area (Å²) >= 11 is 0. The van der Waals surface area contributed by atoms with Crippen molar-refractivity contribution in [1.29, 1.82) is 0 Å². The maximum atomic E-state index is 12.7. The topological polar surface area (TPSA) is 63.4 Å². The number of hydrogen-bond acceptors (Lipinski definition) is 3. The van der Waals surface area contributed by atoms with E-state index in [1.165, 1.54) is 28.6 Å². The molecule has 0 spiro atoms. The third kappa shape index (κ3) is 3.65. The highest BCUT2D eigenvalue weighted by Crippen LogP contribution is 2.16. The summed E-state index contributed by atoms with van der Waals surface area (Å²) < 4.78 is 38.1. The third-order valence-corrected chi connectivity index (χ3v) is 4.66. The van der Waals surface area contributed by atoms with Crippen LogP contribution >= 0.6 is 12.4 Å². The highest BCUT2D eigenvalue weighted by Gasteiger charge is 2.29. The van der Waals surface area contributed by atoms with Crippen LogP contribution in [0.1, 0.15) is 12.0 Å². The van der Waals surface area contributed by atoms with Gasteiger partial charge in [0.2, 0.25) is 10.0 Å². The van der Waals surface area contributed by atoms with Crippen molar-refractivity contribution >= 4 is 22.4 Å². The van der Waals surface area contributed by atoms with Crippen molar-refractivity contribution < 1.29 is 12.8 Å². The van der Waals surface area contributed by atoms with Crippen molar-refractivity contribution in [1.82, 2.24) is 4.31 Å². The molecule has 2 rings (SSSR count). The highest BCUT2D eigenvalue weighted by molar-refractivity contribution is 7.88.